The van der Waals surface area contributed by atoms with Crippen LogP contribution < -0.4 is 4.90 Å². The van der Waals surface area contributed by atoms with Gasteiger partial charge in [-0.2, -0.15) is 13.2 Å². The second kappa shape index (κ2) is 4.60. The number of nitrogens with zero attached hydrogens (tertiary/aromatic N) is 2. The van der Waals surface area contributed by atoms with Gasteiger partial charge in [-0.15, -0.1) is 0 Å². The van der Waals surface area contributed by atoms with Gasteiger partial charge < -0.3 is 15.1 Å². The monoisotopic (exact) mass is 292 g/mol. The normalized spacial score (nSPS) is 17.8. The van der Waals surface area contributed by atoms with E-state index in [9.17, 15) is 28.4 Å². The lowest BCUT2D eigenvalue weighted by Crippen LogP contribution is -2.64. The summed E-state index contributed by atoms with van der Waals surface area (Å²) in [7, 11) is 0. The number of nitro benzene ring substituents is 1. The Labute approximate surface area is 111 Å². The van der Waals surface area contributed by atoms with Crippen LogP contribution in [0.4, 0.5) is 24.5 Å². The molecule has 2 N–H and O–H groups in total. The summed E-state index contributed by atoms with van der Waals surface area (Å²) < 4.78 is 37.6. The molecule has 0 amide bonds. The number of rotatable bonds is 3. The average Bonchev–Trinajstić information content (AvgIpc) is 2.33. The molecule has 0 saturated carbocycles. The lowest BCUT2D eigenvalue weighted by atomic mass is 9.94. The Balaban J connectivity index is 2.33. The van der Waals surface area contributed by atoms with E-state index in [2.05, 4.69) is 0 Å². The van der Waals surface area contributed by atoms with Crippen LogP contribution in [-0.4, -0.2) is 40.4 Å². The first-order chi connectivity index (χ1) is 9.16. The molecule has 20 heavy (non-hydrogen) atoms. The predicted molar refractivity (Wildman–Crippen MR) is 62.3 cm³/mol. The Morgan fingerprint density at radius 3 is 2.45 bits per heavy atom. The van der Waals surface area contributed by atoms with E-state index in [1.165, 1.54) is 4.90 Å². The number of β-amino-alcohol motifs (C(OH)–C–C–N with tert-alkyl or cyclic N) is 1. The lowest BCUT2D eigenvalue weighted by molar-refractivity contribution is -0.384. The van der Waals surface area contributed by atoms with E-state index in [-0.39, 0.29) is 18.8 Å². The zero-order valence-electron chi connectivity index (χ0n) is 10.1. The summed E-state index contributed by atoms with van der Waals surface area (Å²) >= 11 is 0. The molecule has 1 heterocycles. The minimum Gasteiger partial charge on any atom is -0.393 e. The number of hydrogen-bond donors (Lipinski definition) is 2. The maximum atomic E-state index is 12.5. The minimum absolute atomic E-state index is 0.0128. The second-order valence-electron chi connectivity index (χ2n) is 4.70. The fourth-order valence-electron chi connectivity index (χ4n) is 2.05. The third kappa shape index (κ3) is 2.54. The molecule has 1 aliphatic rings. The molecule has 1 saturated heterocycles. The van der Waals surface area contributed by atoms with Crippen molar-refractivity contribution in [1.29, 1.82) is 0 Å². The van der Waals surface area contributed by atoms with Crippen molar-refractivity contribution in [3.8, 4) is 0 Å². The van der Waals surface area contributed by atoms with Gasteiger partial charge in [-0.1, -0.05) is 0 Å². The van der Waals surface area contributed by atoms with Gasteiger partial charge in [0.2, 0.25) is 0 Å². The van der Waals surface area contributed by atoms with Crippen LogP contribution in [0.25, 0.3) is 0 Å². The molecule has 0 unspecified atom stereocenters. The van der Waals surface area contributed by atoms with Crippen LogP contribution in [-0.2, 0) is 6.18 Å². The maximum absolute atomic E-state index is 12.5. The molecule has 0 atom stereocenters. The van der Waals surface area contributed by atoms with Gasteiger partial charge in [0.05, 0.1) is 30.2 Å². The van der Waals surface area contributed by atoms with Crippen molar-refractivity contribution in [2.75, 3.05) is 24.6 Å². The Hall–Kier alpha value is -1.87. The van der Waals surface area contributed by atoms with Crippen LogP contribution in [0.15, 0.2) is 18.2 Å². The molecule has 2 rings (SSSR count). The first kappa shape index (κ1) is 14.5. The van der Waals surface area contributed by atoms with Gasteiger partial charge in [-0.3, -0.25) is 10.1 Å². The van der Waals surface area contributed by atoms with E-state index < -0.39 is 34.6 Å². The highest BCUT2D eigenvalue weighted by Gasteiger charge is 2.43. The van der Waals surface area contributed by atoms with E-state index >= 15 is 0 Å². The van der Waals surface area contributed by atoms with Crippen molar-refractivity contribution in [3.05, 3.63) is 33.9 Å². The molecule has 6 nitrogen and oxygen atoms in total. The zero-order valence-corrected chi connectivity index (χ0v) is 10.1. The number of aliphatic hydroxyl groups excluding tert-OH is 1. The van der Waals surface area contributed by atoms with E-state index in [0.717, 1.165) is 12.1 Å². The fraction of sp³-hybridized carbons (Fsp3) is 0.455. The molecule has 0 aromatic heterocycles. The molecule has 0 spiro atoms. The second-order valence-corrected chi connectivity index (χ2v) is 4.70. The van der Waals surface area contributed by atoms with Gasteiger partial charge in [0.15, 0.2) is 0 Å². The third-order valence-corrected chi connectivity index (χ3v) is 3.10. The number of hydrogen-bond acceptors (Lipinski definition) is 5. The Bertz CT molecular complexity index is 541. The van der Waals surface area contributed by atoms with Crippen LogP contribution in [0.3, 0.4) is 0 Å². The van der Waals surface area contributed by atoms with E-state index in [0.29, 0.717) is 6.07 Å². The third-order valence-electron chi connectivity index (χ3n) is 3.10. The van der Waals surface area contributed by atoms with E-state index in [1.54, 1.807) is 0 Å². The molecule has 110 valence electrons. The average molecular weight is 292 g/mol. The van der Waals surface area contributed by atoms with E-state index in [4.69, 9.17) is 5.11 Å². The van der Waals surface area contributed by atoms with Crippen LogP contribution >= 0.6 is 0 Å². The van der Waals surface area contributed by atoms with Gasteiger partial charge in [-0.05, 0) is 12.1 Å². The molecular weight excluding hydrogens is 281 g/mol. The van der Waals surface area contributed by atoms with Gasteiger partial charge in [0, 0.05) is 6.07 Å². The topological polar surface area (TPSA) is 86.8 Å². The molecule has 0 aliphatic carbocycles. The standard InChI is InChI=1S/C11H11F3N2O4/c12-11(13,14)7-1-2-8(9(3-7)16(19)20)15-4-10(18,5-15)6-17/h1-3,17-18H,4-6H2. The van der Waals surface area contributed by atoms with Crippen LogP contribution in [0.2, 0.25) is 0 Å². The molecule has 0 radical (unpaired) electrons. The van der Waals surface area contributed by atoms with Gasteiger partial charge in [0.1, 0.15) is 11.3 Å². The van der Waals surface area contributed by atoms with Gasteiger partial charge in [0.25, 0.3) is 5.69 Å². The number of aliphatic hydroxyl groups is 2. The molecule has 1 aromatic carbocycles. The van der Waals surface area contributed by atoms with Crippen LogP contribution in [0.1, 0.15) is 5.56 Å². The maximum Gasteiger partial charge on any atom is 0.416 e. The summed E-state index contributed by atoms with van der Waals surface area (Å²) in [5.74, 6) is 0. The van der Waals surface area contributed by atoms with Crippen molar-refractivity contribution in [2.45, 2.75) is 11.8 Å². The molecule has 9 heteroatoms. The van der Waals surface area contributed by atoms with Crippen molar-refractivity contribution >= 4 is 11.4 Å². The number of benzene rings is 1. The largest absolute Gasteiger partial charge is 0.416 e. The summed E-state index contributed by atoms with van der Waals surface area (Å²) in [6, 6.07) is 2.21. The smallest absolute Gasteiger partial charge is 0.393 e. The number of anilines is 1. The SMILES string of the molecule is O=[N+]([O-])c1cc(C(F)(F)F)ccc1N1CC(O)(CO)C1. The Morgan fingerprint density at radius 2 is 2.00 bits per heavy atom. The minimum atomic E-state index is -4.66. The van der Waals surface area contributed by atoms with Gasteiger partial charge in [-0.25, -0.2) is 0 Å². The highest BCUT2D eigenvalue weighted by molar-refractivity contribution is 5.66. The van der Waals surface area contributed by atoms with Crippen LogP contribution in [0, 0.1) is 10.1 Å². The Kier molecular flexibility index (Phi) is 3.34. The Morgan fingerprint density at radius 1 is 1.40 bits per heavy atom. The summed E-state index contributed by atoms with van der Waals surface area (Å²) in [6.45, 7) is -0.663. The molecule has 1 aliphatic heterocycles. The zero-order chi connectivity index (χ0) is 15.1. The highest BCUT2D eigenvalue weighted by atomic mass is 19.4. The highest BCUT2D eigenvalue weighted by Crippen LogP contribution is 2.39. The molecule has 1 fully saturated rings. The van der Waals surface area contributed by atoms with Crippen molar-refractivity contribution in [3.63, 3.8) is 0 Å². The van der Waals surface area contributed by atoms with Crippen molar-refractivity contribution in [1.82, 2.24) is 0 Å². The first-order valence-electron chi connectivity index (χ1n) is 5.60. The quantitative estimate of drug-likeness (QED) is 0.645. The summed E-state index contributed by atoms with van der Waals surface area (Å²) in [5, 5.41) is 29.4. The van der Waals surface area contributed by atoms with Crippen molar-refractivity contribution < 1.29 is 28.3 Å². The number of halogens is 3. The van der Waals surface area contributed by atoms with Crippen molar-refractivity contribution in [2.24, 2.45) is 0 Å². The lowest BCUT2D eigenvalue weighted by Gasteiger charge is -2.46. The van der Waals surface area contributed by atoms with Gasteiger partial charge >= 0.3 is 6.18 Å². The molecular formula is C11H11F3N2O4. The fourth-order valence-corrected chi connectivity index (χ4v) is 2.05. The number of alkyl halides is 3. The molecule has 1 aromatic rings. The summed E-state index contributed by atoms with van der Waals surface area (Å²) in [4.78, 5) is 11.3. The van der Waals surface area contributed by atoms with E-state index in [1.807, 2.05) is 0 Å². The summed E-state index contributed by atoms with van der Waals surface area (Å²) in [6.07, 6.45) is -4.66. The first-order valence-corrected chi connectivity index (χ1v) is 5.60. The predicted octanol–water partition coefficient (Wildman–Crippen LogP) is 1.16. The summed E-state index contributed by atoms with van der Waals surface area (Å²) in [5.41, 5.74) is -3.16. The molecule has 0 bridgehead atoms. The van der Waals surface area contributed by atoms with Crippen LogP contribution in [0.5, 0.6) is 0 Å². The number of nitro groups is 1.